The van der Waals surface area contributed by atoms with Crippen molar-refractivity contribution in [1.29, 1.82) is 0 Å². The fraction of sp³-hybridized carbons (Fsp3) is 0.273. The number of para-hydroxylation sites is 1. The van der Waals surface area contributed by atoms with Crippen LogP contribution in [0.5, 0.6) is 0 Å². The number of benzene rings is 1. The highest BCUT2D eigenvalue weighted by atomic mass is 35.5. The maximum absolute atomic E-state index is 6.02. The lowest BCUT2D eigenvalue weighted by atomic mass is 10.2. The summed E-state index contributed by atoms with van der Waals surface area (Å²) >= 11 is 6.02. The van der Waals surface area contributed by atoms with E-state index in [1.807, 2.05) is 31.2 Å². The second-order valence-electron chi connectivity index (χ2n) is 2.94. The van der Waals surface area contributed by atoms with Gasteiger partial charge in [-0.3, -0.25) is 0 Å². The Balaban J connectivity index is 2.69. The molecule has 70 valence electrons. The Morgan fingerprint density at radius 3 is 2.92 bits per heavy atom. The van der Waals surface area contributed by atoms with Crippen LogP contribution in [0, 0.1) is 6.92 Å². The van der Waals surface area contributed by atoms with Crippen molar-refractivity contribution in [3.63, 3.8) is 0 Å². The second kappa shape index (κ2) is 4.93. The largest absolute Gasteiger partial charge is 0.383 e. The van der Waals surface area contributed by atoms with Crippen molar-refractivity contribution >= 4 is 17.3 Å². The summed E-state index contributed by atoms with van der Waals surface area (Å²) in [4.78, 5) is 0. The Bertz CT molecular complexity index is 274. The van der Waals surface area contributed by atoms with E-state index in [4.69, 9.17) is 11.6 Å². The van der Waals surface area contributed by atoms with Gasteiger partial charge in [-0.25, -0.2) is 0 Å². The molecule has 0 atom stereocenters. The van der Waals surface area contributed by atoms with Crippen LogP contribution >= 0.6 is 11.6 Å². The molecular formula is C11H14ClN. The van der Waals surface area contributed by atoms with E-state index in [2.05, 4.69) is 11.9 Å². The molecule has 0 amide bonds. The molecule has 0 unspecified atom stereocenters. The molecule has 0 saturated heterocycles. The standard InChI is InChI=1S/C11H14ClN/c1-3-4-8-13-11-9(2)6-5-7-10(11)12/h3,5-7,13H,1,4,8H2,2H3. The molecule has 0 saturated carbocycles. The van der Waals surface area contributed by atoms with Gasteiger partial charge in [0.2, 0.25) is 0 Å². The number of nitrogens with one attached hydrogen (secondary N) is 1. The Labute approximate surface area is 84.4 Å². The Hall–Kier alpha value is -0.950. The number of anilines is 1. The molecule has 0 radical (unpaired) electrons. The number of hydrogen-bond acceptors (Lipinski definition) is 1. The van der Waals surface area contributed by atoms with Gasteiger partial charge in [0.25, 0.3) is 0 Å². The van der Waals surface area contributed by atoms with Crippen molar-refractivity contribution in [3.05, 3.63) is 41.4 Å². The third kappa shape index (κ3) is 2.78. The number of rotatable bonds is 4. The van der Waals surface area contributed by atoms with Crippen LogP contribution in [-0.2, 0) is 0 Å². The van der Waals surface area contributed by atoms with Gasteiger partial charge in [0.1, 0.15) is 0 Å². The lowest BCUT2D eigenvalue weighted by molar-refractivity contribution is 1.07. The van der Waals surface area contributed by atoms with E-state index in [-0.39, 0.29) is 0 Å². The Kier molecular flexibility index (Phi) is 3.84. The molecule has 0 aliphatic heterocycles. The minimum Gasteiger partial charge on any atom is -0.383 e. The third-order valence-corrected chi connectivity index (χ3v) is 2.19. The average Bonchev–Trinajstić information content (AvgIpc) is 2.10. The average molecular weight is 196 g/mol. The molecular weight excluding hydrogens is 182 g/mol. The first-order valence-corrected chi connectivity index (χ1v) is 4.73. The van der Waals surface area contributed by atoms with Gasteiger partial charge in [-0.1, -0.05) is 29.8 Å². The molecule has 0 spiro atoms. The molecule has 1 N–H and O–H groups in total. The van der Waals surface area contributed by atoms with Crippen LogP contribution in [-0.4, -0.2) is 6.54 Å². The van der Waals surface area contributed by atoms with E-state index >= 15 is 0 Å². The van der Waals surface area contributed by atoms with Crippen LogP contribution in [0.3, 0.4) is 0 Å². The zero-order valence-corrected chi connectivity index (χ0v) is 8.56. The molecule has 13 heavy (non-hydrogen) atoms. The first-order chi connectivity index (χ1) is 6.25. The molecule has 1 aromatic rings. The first-order valence-electron chi connectivity index (χ1n) is 4.35. The van der Waals surface area contributed by atoms with Gasteiger partial charge in [-0.15, -0.1) is 6.58 Å². The quantitative estimate of drug-likeness (QED) is 0.572. The number of halogens is 1. The van der Waals surface area contributed by atoms with Crippen molar-refractivity contribution in [1.82, 2.24) is 0 Å². The zero-order valence-electron chi connectivity index (χ0n) is 7.81. The normalized spacial score (nSPS) is 9.69. The fourth-order valence-corrected chi connectivity index (χ4v) is 1.44. The van der Waals surface area contributed by atoms with E-state index in [1.54, 1.807) is 0 Å². The van der Waals surface area contributed by atoms with E-state index in [9.17, 15) is 0 Å². The smallest absolute Gasteiger partial charge is 0.0640 e. The van der Waals surface area contributed by atoms with E-state index in [0.717, 1.165) is 23.7 Å². The lowest BCUT2D eigenvalue weighted by Gasteiger charge is -2.09. The van der Waals surface area contributed by atoms with Crippen LogP contribution < -0.4 is 5.32 Å². The van der Waals surface area contributed by atoms with Gasteiger partial charge < -0.3 is 5.32 Å². The molecule has 0 aliphatic rings. The minimum atomic E-state index is 0.782. The van der Waals surface area contributed by atoms with Crippen LogP contribution in [0.2, 0.25) is 5.02 Å². The molecule has 0 heterocycles. The van der Waals surface area contributed by atoms with Crippen molar-refractivity contribution in [2.45, 2.75) is 13.3 Å². The van der Waals surface area contributed by atoms with Crippen molar-refractivity contribution in [3.8, 4) is 0 Å². The monoisotopic (exact) mass is 195 g/mol. The summed E-state index contributed by atoms with van der Waals surface area (Å²) in [5.74, 6) is 0. The Morgan fingerprint density at radius 2 is 2.31 bits per heavy atom. The van der Waals surface area contributed by atoms with E-state index in [0.29, 0.717) is 0 Å². The van der Waals surface area contributed by atoms with Crippen molar-refractivity contribution in [2.24, 2.45) is 0 Å². The van der Waals surface area contributed by atoms with Crippen LogP contribution in [0.25, 0.3) is 0 Å². The topological polar surface area (TPSA) is 12.0 Å². The molecule has 0 fully saturated rings. The Morgan fingerprint density at radius 1 is 1.54 bits per heavy atom. The lowest BCUT2D eigenvalue weighted by Crippen LogP contribution is -2.02. The molecule has 1 aromatic carbocycles. The minimum absolute atomic E-state index is 0.782. The van der Waals surface area contributed by atoms with Gasteiger partial charge in [0.05, 0.1) is 10.7 Å². The SMILES string of the molecule is C=CCCNc1c(C)cccc1Cl. The molecule has 0 bridgehead atoms. The number of hydrogen-bond donors (Lipinski definition) is 1. The molecule has 2 heteroatoms. The summed E-state index contributed by atoms with van der Waals surface area (Å²) < 4.78 is 0. The predicted octanol–water partition coefficient (Wildman–Crippen LogP) is 3.64. The summed E-state index contributed by atoms with van der Waals surface area (Å²) in [6.07, 6.45) is 2.84. The number of aryl methyl sites for hydroxylation is 1. The maximum Gasteiger partial charge on any atom is 0.0640 e. The molecule has 1 nitrogen and oxygen atoms in total. The van der Waals surface area contributed by atoms with Crippen LogP contribution in [0.4, 0.5) is 5.69 Å². The highest BCUT2D eigenvalue weighted by Crippen LogP contribution is 2.24. The van der Waals surface area contributed by atoms with Gasteiger partial charge in [-0.2, -0.15) is 0 Å². The highest BCUT2D eigenvalue weighted by molar-refractivity contribution is 6.33. The predicted molar refractivity (Wildman–Crippen MR) is 59.5 cm³/mol. The van der Waals surface area contributed by atoms with Crippen molar-refractivity contribution in [2.75, 3.05) is 11.9 Å². The third-order valence-electron chi connectivity index (χ3n) is 1.87. The summed E-state index contributed by atoms with van der Waals surface area (Å²) in [6, 6.07) is 5.89. The van der Waals surface area contributed by atoms with E-state index in [1.165, 1.54) is 5.56 Å². The zero-order chi connectivity index (χ0) is 9.68. The van der Waals surface area contributed by atoms with Gasteiger partial charge >= 0.3 is 0 Å². The van der Waals surface area contributed by atoms with Gasteiger partial charge in [-0.05, 0) is 25.0 Å². The second-order valence-corrected chi connectivity index (χ2v) is 3.34. The first kappa shape index (κ1) is 10.1. The molecule has 0 aliphatic carbocycles. The summed E-state index contributed by atoms with van der Waals surface area (Å²) in [7, 11) is 0. The fourth-order valence-electron chi connectivity index (χ4n) is 1.16. The van der Waals surface area contributed by atoms with Gasteiger partial charge in [0.15, 0.2) is 0 Å². The van der Waals surface area contributed by atoms with E-state index < -0.39 is 0 Å². The van der Waals surface area contributed by atoms with Crippen LogP contribution in [0.15, 0.2) is 30.9 Å². The van der Waals surface area contributed by atoms with Gasteiger partial charge in [0, 0.05) is 6.54 Å². The summed E-state index contributed by atoms with van der Waals surface area (Å²) in [6.45, 7) is 6.59. The maximum atomic E-state index is 6.02. The molecule has 0 aromatic heterocycles. The summed E-state index contributed by atoms with van der Waals surface area (Å²) in [5.41, 5.74) is 2.21. The molecule has 1 rings (SSSR count). The highest BCUT2D eigenvalue weighted by Gasteiger charge is 2.00. The van der Waals surface area contributed by atoms with Crippen LogP contribution in [0.1, 0.15) is 12.0 Å². The van der Waals surface area contributed by atoms with Crippen molar-refractivity contribution < 1.29 is 0 Å². The summed E-state index contributed by atoms with van der Waals surface area (Å²) in [5, 5.41) is 4.06.